The van der Waals surface area contributed by atoms with Crippen molar-refractivity contribution in [3.63, 3.8) is 0 Å². The van der Waals surface area contributed by atoms with E-state index >= 15 is 0 Å². The Labute approximate surface area is 162 Å². The van der Waals surface area contributed by atoms with Crippen molar-refractivity contribution in [2.24, 2.45) is 29.1 Å². The number of para-hydroxylation sites is 2. The number of rotatable bonds is 1. The largest absolute Gasteiger partial charge is 0.337 e. The summed E-state index contributed by atoms with van der Waals surface area (Å²) in [7, 11) is 0. The summed E-state index contributed by atoms with van der Waals surface area (Å²) in [5.41, 5.74) is 7.14. The zero-order valence-corrected chi connectivity index (χ0v) is 16.5. The van der Waals surface area contributed by atoms with Gasteiger partial charge in [0.15, 0.2) is 0 Å². The van der Waals surface area contributed by atoms with Crippen LogP contribution in [0.5, 0.6) is 0 Å². The van der Waals surface area contributed by atoms with Gasteiger partial charge in [-0.3, -0.25) is 0 Å². The van der Waals surface area contributed by atoms with E-state index in [2.05, 4.69) is 67.3 Å². The van der Waals surface area contributed by atoms with Gasteiger partial charge in [-0.2, -0.15) is 0 Å². The topological polar surface area (TPSA) is 3.24 Å². The highest BCUT2D eigenvalue weighted by Crippen LogP contribution is 2.84. The van der Waals surface area contributed by atoms with Gasteiger partial charge < -0.3 is 4.90 Å². The Kier molecular flexibility index (Phi) is 2.60. The van der Waals surface area contributed by atoms with Gasteiger partial charge in [-0.05, 0) is 98.3 Å². The zero-order valence-electron chi connectivity index (χ0n) is 16.5. The molecule has 0 saturated heterocycles. The maximum atomic E-state index is 2.72. The maximum Gasteiger partial charge on any atom is 0.0452 e. The summed E-state index contributed by atoms with van der Waals surface area (Å²) in [4.78, 5) is 2.72. The number of hydrogen-bond acceptors (Lipinski definition) is 1. The van der Waals surface area contributed by atoms with Crippen molar-refractivity contribution < 1.29 is 0 Å². The second-order valence-electron chi connectivity index (χ2n) is 10.5. The van der Waals surface area contributed by atoms with Crippen molar-refractivity contribution >= 4 is 11.4 Å². The predicted octanol–water partition coefficient (Wildman–Crippen LogP) is 6.23. The monoisotopic (exact) mass is 355 g/mol. The van der Waals surface area contributed by atoms with Gasteiger partial charge in [0, 0.05) is 22.8 Å². The molecule has 1 heterocycles. The number of aryl methyl sites for hydroxylation is 1. The van der Waals surface area contributed by atoms with Crippen LogP contribution in [0.3, 0.4) is 0 Å². The molecular weight excluding hydrogens is 326 g/mol. The molecule has 5 atom stereocenters. The van der Waals surface area contributed by atoms with Crippen LogP contribution in [0.1, 0.15) is 50.2 Å². The van der Waals surface area contributed by atoms with E-state index in [1.165, 1.54) is 29.8 Å². The van der Waals surface area contributed by atoms with Crippen LogP contribution in [0, 0.1) is 36.0 Å². The quantitative estimate of drug-likeness (QED) is 0.586. The van der Waals surface area contributed by atoms with Crippen molar-refractivity contribution in [1.82, 2.24) is 0 Å². The first kappa shape index (κ1) is 15.2. The molecule has 1 nitrogen and oxygen atoms in total. The number of anilines is 2. The van der Waals surface area contributed by atoms with Crippen molar-refractivity contribution in [2.75, 3.05) is 4.90 Å². The van der Waals surface area contributed by atoms with Gasteiger partial charge in [-0.15, -0.1) is 0 Å². The molecule has 0 N–H and O–H groups in total. The molecule has 4 fully saturated rings. The molecule has 2 aromatic rings. The van der Waals surface area contributed by atoms with E-state index < -0.39 is 0 Å². The van der Waals surface area contributed by atoms with Gasteiger partial charge >= 0.3 is 0 Å². The van der Waals surface area contributed by atoms with Gasteiger partial charge in [0.25, 0.3) is 0 Å². The minimum absolute atomic E-state index is 0.406. The molecular formula is C26H29N. The second-order valence-corrected chi connectivity index (χ2v) is 10.5. The Morgan fingerprint density at radius 3 is 2.15 bits per heavy atom. The van der Waals surface area contributed by atoms with E-state index in [4.69, 9.17) is 0 Å². The summed E-state index contributed by atoms with van der Waals surface area (Å²) in [6.07, 6.45) is 7.67. The highest BCUT2D eigenvalue weighted by molar-refractivity contribution is 5.77. The van der Waals surface area contributed by atoms with Gasteiger partial charge in [0.05, 0.1) is 0 Å². The molecule has 1 heteroatoms. The summed E-state index contributed by atoms with van der Waals surface area (Å²) >= 11 is 0. The van der Waals surface area contributed by atoms with Crippen molar-refractivity contribution in [3.05, 3.63) is 59.7 Å². The molecule has 1 aliphatic heterocycles. The van der Waals surface area contributed by atoms with E-state index in [1.54, 1.807) is 24.8 Å². The third kappa shape index (κ3) is 1.47. The molecule has 27 heavy (non-hydrogen) atoms. The lowest BCUT2D eigenvalue weighted by atomic mass is 9.38. The minimum atomic E-state index is 0.406. The zero-order chi connectivity index (χ0) is 18.0. The van der Waals surface area contributed by atoms with Gasteiger partial charge in [-0.1, -0.05) is 36.4 Å². The summed E-state index contributed by atoms with van der Waals surface area (Å²) in [6.45, 7) is 4.83. The molecule has 138 valence electrons. The van der Waals surface area contributed by atoms with Crippen molar-refractivity contribution in [3.8, 4) is 0 Å². The normalized spacial score (nSPS) is 45.3. The maximum absolute atomic E-state index is 2.72. The fourth-order valence-electron chi connectivity index (χ4n) is 9.42. The van der Waals surface area contributed by atoms with Crippen molar-refractivity contribution in [1.29, 1.82) is 0 Å². The molecule has 0 radical (unpaired) electrons. The van der Waals surface area contributed by atoms with Crippen LogP contribution < -0.4 is 4.90 Å². The number of nitrogens with zero attached hydrogens (tertiary/aromatic N) is 1. The first-order valence-electron chi connectivity index (χ1n) is 11.1. The third-order valence-corrected chi connectivity index (χ3v) is 9.77. The molecule has 3 bridgehead atoms. The second kappa shape index (κ2) is 4.62. The highest BCUT2D eigenvalue weighted by atomic mass is 15.2. The Morgan fingerprint density at radius 2 is 1.44 bits per heavy atom. The SMILES string of the molecule is Cc1ccccc1N1c2ccccc2C2(C1C)C1CC3CC4CC2C1(C3)C4. The molecule has 0 amide bonds. The van der Waals surface area contributed by atoms with E-state index in [-0.39, 0.29) is 0 Å². The smallest absolute Gasteiger partial charge is 0.0452 e. The summed E-state index contributed by atoms with van der Waals surface area (Å²) in [6, 6.07) is 19.0. The average Bonchev–Trinajstić information content (AvgIpc) is 3.17. The summed E-state index contributed by atoms with van der Waals surface area (Å²) < 4.78 is 0. The van der Waals surface area contributed by atoms with Crippen LogP contribution in [0.2, 0.25) is 0 Å². The van der Waals surface area contributed by atoms with Gasteiger partial charge in [0.1, 0.15) is 0 Å². The molecule has 5 aliphatic rings. The minimum Gasteiger partial charge on any atom is -0.337 e. The van der Waals surface area contributed by atoms with Crippen LogP contribution in [0.25, 0.3) is 0 Å². The van der Waals surface area contributed by atoms with E-state index in [0.29, 0.717) is 11.5 Å². The standard InChI is InChI=1S/C26H29N/c1-16-7-3-5-9-21(16)27-17(2)26(20-8-4-6-10-22(20)27)23-12-18-11-19-13-24(26)25(23,14-18)15-19/h3-10,17-19,23-24H,11-15H2,1-2H3. The van der Waals surface area contributed by atoms with Crippen LogP contribution in [-0.4, -0.2) is 6.04 Å². The number of fused-ring (bicyclic) bond motifs is 6. The lowest BCUT2D eigenvalue weighted by Gasteiger charge is -2.66. The fraction of sp³-hybridized carbons (Fsp3) is 0.538. The van der Waals surface area contributed by atoms with E-state index in [9.17, 15) is 0 Å². The van der Waals surface area contributed by atoms with Crippen LogP contribution in [0.15, 0.2) is 48.5 Å². The Bertz CT molecular complexity index is 934. The summed E-state index contributed by atoms with van der Waals surface area (Å²) in [5, 5.41) is 0. The Balaban J connectivity index is 1.46. The van der Waals surface area contributed by atoms with Gasteiger partial charge in [0.2, 0.25) is 0 Å². The average molecular weight is 356 g/mol. The van der Waals surface area contributed by atoms with E-state index in [1.807, 2.05) is 0 Å². The Hall–Kier alpha value is -1.76. The lowest BCUT2D eigenvalue weighted by Crippen LogP contribution is -2.67. The first-order valence-corrected chi connectivity index (χ1v) is 11.1. The summed E-state index contributed by atoms with van der Waals surface area (Å²) in [5.74, 6) is 3.92. The molecule has 5 unspecified atom stereocenters. The lowest BCUT2D eigenvalue weighted by molar-refractivity contribution is -0.113. The van der Waals surface area contributed by atoms with Crippen LogP contribution in [0.4, 0.5) is 11.4 Å². The van der Waals surface area contributed by atoms with E-state index in [0.717, 1.165) is 29.1 Å². The van der Waals surface area contributed by atoms with Crippen molar-refractivity contribution in [2.45, 2.75) is 57.4 Å². The molecule has 4 saturated carbocycles. The molecule has 4 aliphatic carbocycles. The number of hydrogen-bond donors (Lipinski definition) is 0. The van der Waals surface area contributed by atoms with Crippen LogP contribution in [-0.2, 0) is 5.41 Å². The molecule has 0 aromatic heterocycles. The van der Waals surface area contributed by atoms with Gasteiger partial charge in [-0.25, -0.2) is 0 Å². The fourth-order valence-corrected chi connectivity index (χ4v) is 9.42. The number of benzene rings is 2. The first-order chi connectivity index (χ1) is 13.2. The highest BCUT2D eigenvalue weighted by Gasteiger charge is 2.80. The molecule has 2 spiro atoms. The predicted molar refractivity (Wildman–Crippen MR) is 110 cm³/mol. The molecule has 2 aromatic carbocycles. The Morgan fingerprint density at radius 1 is 0.815 bits per heavy atom. The van der Waals surface area contributed by atoms with Crippen LogP contribution >= 0.6 is 0 Å². The third-order valence-electron chi connectivity index (χ3n) is 9.77. The molecule has 7 rings (SSSR count).